The lowest BCUT2D eigenvalue weighted by molar-refractivity contribution is 0.690. The van der Waals surface area contributed by atoms with Crippen molar-refractivity contribution in [3.05, 3.63) is 29.8 Å². The molecule has 1 aromatic carbocycles. The van der Waals surface area contributed by atoms with Crippen molar-refractivity contribution in [3.8, 4) is 6.07 Å². The highest BCUT2D eigenvalue weighted by atomic mass is 15.1. The second-order valence-corrected chi connectivity index (χ2v) is 3.45. The highest BCUT2D eigenvalue weighted by Crippen LogP contribution is 2.33. The number of hydrogen-bond acceptors (Lipinski definition) is 2. The highest BCUT2D eigenvalue weighted by Gasteiger charge is 2.21. The Labute approximate surface area is 78.4 Å². The van der Waals surface area contributed by atoms with Crippen LogP contribution in [-0.4, -0.2) is 13.6 Å². The van der Waals surface area contributed by atoms with Crippen molar-refractivity contribution in [1.82, 2.24) is 0 Å². The molecule has 0 unspecified atom stereocenters. The van der Waals surface area contributed by atoms with Gasteiger partial charge in [0.05, 0.1) is 12.0 Å². The molecule has 1 aliphatic rings. The fraction of sp³-hybridized carbons (Fsp3) is 0.364. The second-order valence-electron chi connectivity index (χ2n) is 3.45. The molecule has 0 radical (unpaired) electrons. The van der Waals surface area contributed by atoms with Crippen LogP contribution in [0.5, 0.6) is 0 Å². The lowest BCUT2D eigenvalue weighted by Crippen LogP contribution is -2.26. The van der Waals surface area contributed by atoms with Crippen LogP contribution in [0.25, 0.3) is 0 Å². The predicted octanol–water partition coefficient (Wildman–Crippen LogP) is 2.13. The summed E-state index contributed by atoms with van der Waals surface area (Å²) in [6.07, 6.45) is 0.948. The van der Waals surface area contributed by atoms with Crippen LogP contribution in [0.3, 0.4) is 0 Å². The normalized spacial score (nSPS) is 20.6. The number of nitrogens with zero attached hydrogens (tertiary/aromatic N) is 2. The fourth-order valence-electron chi connectivity index (χ4n) is 1.86. The molecular formula is C11H12N2. The molecule has 1 aliphatic heterocycles. The van der Waals surface area contributed by atoms with E-state index >= 15 is 0 Å². The second kappa shape index (κ2) is 3.10. The smallest absolute Gasteiger partial charge is 0.0749 e. The molecule has 0 saturated heterocycles. The SMILES string of the molecule is CN1CC[C@@H](C#N)c2ccccc21. The van der Waals surface area contributed by atoms with Crippen molar-refractivity contribution < 1.29 is 0 Å². The van der Waals surface area contributed by atoms with Crippen molar-refractivity contribution in [2.24, 2.45) is 0 Å². The van der Waals surface area contributed by atoms with E-state index in [1.54, 1.807) is 0 Å². The summed E-state index contributed by atoms with van der Waals surface area (Å²) in [5, 5.41) is 8.96. The van der Waals surface area contributed by atoms with Gasteiger partial charge in [0, 0.05) is 19.3 Å². The molecule has 0 fully saturated rings. The van der Waals surface area contributed by atoms with Gasteiger partial charge >= 0.3 is 0 Å². The summed E-state index contributed by atoms with van der Waals surface area (Å²) in [4.78, 5) is 2.21. The molecule has 13 heavy (non-hydrogen) atoms. The largest absolute Gasteiger partial charge is 0.374 e. The van der Waals surface area contributed by atoms with E-state index in [0.717, 1.165) is 13.0 Å². The Balaban J connectivity index is 2.49. The zero-order valence-corrected chi connectivity index (χ0v) is 7.70. The molecule has 2 rings (SSSR count). The van der Waals surface area contributed by atoms with Crippen molar-refractivity contribution >= 4 is 5.69 Å². The van der Waals surface area contributed by atoms with E-state index in [-0.39, 0.29) is 5.92 Å². The van der Waals surface area contributed by atoms with Gasteiger partial charge in [-0.15, -0.1) is 0 Å². The first-order chi connectivity index (χ1) is 6.33. The Morgan fingerprint density at radius 1 is 1.46 bits per heavy atom. The van der Waals surface area contributed by atoms with Gasteiger partial charge in [-0.05, 0) is 18.1 Å². The van der Waals surface area contributed by atoms with E-state index in [1.165, 1.54) is 11.3 Å². The standard InChI is InChI=1S/C11H12N2/c1-13-7-6-9(8-12)10-4-2-3-5-11(10)13/h2-5,9H,6-7H2,1H3/t9-/m0/s1. The molecule has 0 aromatic heterocycles. The summed E-state index contributed by atoms with van der Waals surface area (Å²) >= 11 is 0. The first kappa shape index (κ1) is 8.12. The summed E-state index contributed by atoms with van der Waals surface area (Å²) in [6, 6.07) is 10.5. The molecule has 0 aliphatic carbocycles. The highest BCUT2D eigenvalue weighted by molar-refractivity contribution is 5.57. The number of rotatable bonds is 0. The summed E-state index contributed by atoms with van der Waals surface area (Å²) in [7, 11) is 2.08. The van der Waals surface area contributed by atoms with Crippen LogP contribution in [0.1, 0.15) is 17.9 Å². The maximum Gasteiger partial charge on any atom is 0.0749 e. The fourth-order valence-corrected chi connectivity index (χ4v) is 1.86. The first-order valence-electron chi connectivity index (χ1n) is 4.52. The van der Waals surface area contributed by atoms with Gasteiger partial charge in [0.15, 0.2) is 0 Å². The third-order valence-electron chi connectivity index (χ3n) is 2.63. The first-order valence-corrected chi connectivity index (χ1v) is 4.52. The van der Waals surface area contributed by atoms with Crippen LogP contribution in [0.4, 0.5) is 5.69 Å². The average molecular weight is 172 g/mol. The number of anilines is 1. The number of benzene rings is 1. The predicted molar refractivity (Wildman–Crippen MR) is 52.7 cm³/mol. The summed E-state index contributed by atoms with van der Waals surface area (Å²) in [5.74, 6) is 0.0902. The van der Waals surface area contributed by atoms with Gasteiger partial charge in [0.2, 0.25) is 0 Å². The number of hydrogen-bond donors (Lipinski definition) is 0. The van der Waals surface area contributed by atoms with Crippen molar-refractivity contribution in [1.29, 1.82) is 5.26 Å². The monoisotopic (exact) mass is 172 g/mol. The quantitative estimate of drug-likeness (QED) is 0.599. The van der Waals surface area contributed by atoms with Gasteiger partial charge in [-0.3, -0.25) is 0 Å². The zero-order chi connectivity index (χ0) is 9.26. The van der Waals surface area contributed by atoms with Crippen LogP contribution in [-0.2, 0) is 0 Å². The molecule has 2 nitrogen and oxygen atoms in total. The summed E-state index contributed by atoms with van der Waals surface area (Å²) in [6.45, 7) is 0.981. The third kappa shape index (κ3) is 1.27. The van der Waals surface area contributed by atoms with E-state index in [4.69, 9.17) is 5.26 Å². The third-order valence-corrected chi connectivity index (χ3v) is 2.63. The van der Waals surface area contributed by atoms with Crippen molar-refractivity contribution in [2.45, 2.75) is 12.3 Å². The van der Waals surface area contributed by atoms with Crippen LogP contribution in [0.2, 0.25) is 0 Å². The van der Waals surface area contributed by atoms with Gasteiger partial charge in [-0.25, -0.2) is 0 Å². The molecule has 0 bridgehead atoms. The molecule has 0 amide bonds. The number of para-hydroxylation sites is 1. The topological polar surface area (TPSA) is 27.0 Å². The van der Waals surface area contributed by atoms with Gasteiger partial charge in [-0.2, -0.15) is 5.26 Å². The Hall–Kier alpha value is -1.49. The van der Waals surface area contributed by atoms with Gasteiger partial charge in [0.1, 0.15) is 0 Å². The Bertz CT molecular complexity index is 351. The maximum atomic E-state index is 8.96. The lowest BCUT2D eigenvalue weighted by Gasteiger charge is -2.29. The van der Waals surface area contributed by atoms with Crippen LogP contribution < -0.4 is 4.90 Å². The molecule has 0 saturated carbocycles. The van der Waals surface area contributed by atoms with Gasteiger partial charge < -0.3 is 4.90 Å². The van der Waals surface area contributed by atoms with Crippen molar-refractivity contribution in [2.75, 3.05) is 18.5 Å². The minimum Gasteiger partial charge on any atom is -0.374 e. The van der Waals surface area contributed by atoms with Crippen LogP contribution in [0.15, 0.2) is 24.3 Å². The van der Waals surface area contributed by atoms with Crippen LogP contribution >= 0.6 is 0 Å². The molecule has 1 atom stereocenters. The molecular weight excluding hydrogens is 160 g/mol. The Kier molecular flexibility index (Phi) is 1.94. The zero-order valence-electron chi connectivity index (χ0n) is 7.70. The van der Waals surface area contributed by atoms with Crippen LogP contribution in [0, 0.1) is 11.3 Å². The van der Waals surface area contributed by atoms with Gasteiger partial charge in [0.25, 0.3) is 0 Å². The maximum absolute atomic E-state index is 8.96. The van der Waals surface area contributed by atoms with E-state index in [2.05, 4.69) is 30.1 Å². The number of fused-ring (bicyclic) bond motifs is 1. The van der Waals surface area contributed by atoms with E-state index in [9.17, 15) is 0 Å². The van der Waals surface area contributed by atoms with E-state index < -0.39 is 0 Å². The minimum absolute atomic E-state index is 0.0902. The molecule has 66 valence electrons. The Morgan fingerprint density at radius 3 is 3.00 bits per heavy atom. The average Bonchev–Trinajstić information content (AvgIpc) is 2.19. The van der Waals surface area contributed by atoms with Gasteiger partial charge in [-0.1, -0.05) is 18.2 Å². The lowest BCUT2D eigenvalue weighted by atomic mass is 9.91. The number of nitriles is 1. The minimum atomic E-state index is 0.0902. The molecule has 2 heteroatoms. The van der Waals surface area contributed by atoms with E-state index in [1.807, 2.05) is 12.1 Å². The molecule has 1 heterocycles. The molecule has 1 aromatic rings. The molecule has 0 spiro atoms. The Morgan fingerprint density at radius 2 is 2.23 bits per heavy atom. The summed E-state index contributed by atoms with van der Waals surface area (Å²) < 4.78 is 0. The molecule has 0 N–H and O–H groups in total. The summed E-state index contributed by atoms with van der Waals surface area (Å²) in [5.41, 5.74) is 2.39. The van der Waals surface area contributed by atoms with Crippen molar-refractivity contribution in [3.63, 3.8) is 0 Å². The van der Waals surface area contributed by atoms with E-state index in [0.29, 0.717) is 0 Å².